The normalized spacial score (nSPS) is 23.7. The Balaban J connectivity index is 1.33. The van der Waals surface area contributed by atoms with Gasteiger partial charge >= 0.3 is 0 Å². The average Bonchev–Trinajstić information content (AvgIpc) is 3.11. The fraction of sp³-hybridized carbons (Fsp3) is 0.591. The summed E-state index contributed by atoms with van der Waals surface area (Å²) in [5.41, 5.74) is 1.45. The number of rotatable bonds is 5. The molecule has 0 aliphatic carbocycles. The molecule has 5 heteroatoms. The average molecular weight is 370 g/mol. The van der Waals surface area contributed by atoms with Crippen LogP contribution < -0.4 is 0 Å². The first kappa shape index (κ1) is 18.7. The molecule has 0 saturated carbocycles. The maximum atomic E-state index is 10.1. The van der Waals surface area contributed by atoms with E-state index in [2.05, 4.69) is 33.0 Å². The summed E-state index contributed by atoms with van der Waals surface area (Å²) in [5, 5.41) is 10.1. The van der Waals surface area contributed by atoms with Gasteiger partial charge in [0.05, 0.1) is 12.2 Å². The Bertz CT molecular complexity index is 722. The van der Waals surface area contributed by atoms with Crippen LogP contribution in [0.2, 0.25) is 0 Å². The molecule has 0 aromatic carbocycles. The molecular weight excluding hydrogens is 338 g/mol. The summed E-state index contributed by atoms with van der Waals surface area (Å²) < 4.78 is 5.75. The number of hydrogen-bond donors (Lipinski definition) is 1. The Kier molecular flexibility index (Phi) is 5.62. The third-order valence-corrected chi connectivity index (χ3v) is 6.63. The molecule has 1 atom stereocenters. The Labute approximate surface area is 162 Å². The van der Waals surface area contributed by atoms with Crippen LogP contribution in [0, 0.1) is 18.3 Å². The highest BCUT2D eigenvalue weighted by atomic mass is 16.3. The van der Waals surface area contributed by atoms with E-state index in [0.29, 0.717) is 11.3 Å². The van der Waals surface area contributed by atoms with Crippen LogP contribution in [-0.4, -0.2) is 52.7 Å². The minimum atomic E-state index is 0.286. The van der Waals surface area contributed by atoms with Gasteiger partial charge in [0.2, 0.25) is 0 Å². The number of hydrogen-bond acceptors (Lipinski definition) is 5. The van der Waals surface area contributed by atoms with Gasteiger partial charge in [-0.05, 0) is 75.5 Å². The highest BCUT2D eigenvalue weighted by molar-refractivity contribution is 5.07. The molecule has 2 fully saturated rings. The molecule has 2 aromatic heterocycles. The van der Waals surface area contributed by atoms with Crippen molar-refractivity contribution in [3.8, 4) is 0 Å². The molecular formula is C22H31N3O2. The quantitative estimate of drug-likeness (QED) is 0.878. The number of nitrogens with zero attached hydrogens (tertiary/aromatic N) is 3. The van der Waals surface area contributed by atoms with E-state index in [1.165, 1.54) is 19.3 Å². The third-order valence-electron chi connectivity index (χ3n) is 6.63. The lowest BCUT2D eigenvalue weighted by Gasteiger charge is -2.51. The third kappa shape index (κ3) is 4.26. The lowest BCUT2D eigenvalue weighted by Crippen LogP contribution is -2.53. The van der Waals surface area contributed by atoms with E-state index in [9.17, 15) is 5.11 Å². The van der Waals surface area contributed by atoms with Gasteiger partial charge in [-0.3, -0.25) is 14.8 Å². The van der Waals surface area contributed by atoms with Crippen LogP contribution in [0.5, 0.6) is 0 Å². The van der Waals surface area contributed by atoms with Gasteiger partial charge < -0.3 is 9.52 Å². The molecule has 2 aromatic rings. The second-order valence-electron chi connectivity index (χ2n) is 8.34. The zero-order valence-electron chi connectivity index (χ0n) is 16.3. The smallest absolute Gasteiger partial charge is 0.118 e. The fourth-order valence-corrected chi connectivity index (χ4v) is 4.90. The summed E-state index contributed by atoms with van der Waals surface area (Å²) in [5.74, 6) is 2.36. The van der Waals surface area contributed by atoms with Crippen LogP contribution in [0.25, 0.3) is 0 Å². The van der Waals surface area contributed by atoms with Crippen molar-refractivity contribution in [2.75, 3.05) is 32.8 Å². The van der Waals surface area contributed by atoms with Crippen LogP contribution in [0.4, 0.5) is 0 Å². The SMILES string of the molecule is Cc1ccc(CN2CCC3(CCN(Cc4ccccn4)CC3)[C@H](CO)C2)o1. The number of furan rings is 1. The Morgan fingerprint density at radius 1 is 1.07 bits per heavy atom. The minimum Gasteiger partial charge on any atom is -0.465 e. The van der Waals surface area contributed by atoms with Gasteiger partial charge in [0.25, 0.3) is 0 Å². The second-order valence-corrected chi connectivity index (χ2v) is 8.34. The van der Waals surface area contributed by atoms with Crippen molar-refractivity contribution in [1.82, 2.24) is 14.8 Å². The first-order chi connectivity index (χ1) is 13.2. The summed E-state index contributed by atoms with van der Waals surface area (Å²) in [6.07, 6.45) is 5.41. The number of aliphatic hydroxyl groups is 1. The van der Waals surface area contributed by atoms with Crippen LogP contribution in [0.3, 0.4) is 0 Å². The summed E-state index contributed by atoms with van der Waals surface area (Å²) >= 11 is 0. The molecule has 4 heterocycles. The Morgan fingerprint density at radius 3 is 2.48 bits per heavy atom. The van der Waals surface area contributed by atoms with Crippen molar-refractivity contribution in [2.24, 2.45) is 11.3 Å². The van der Waals surface area contributed by atoms with E-state index in [4.69, 9.17) is 4.42 Å². The van der Waals surface area contributed by atoms with E-state index in [1.54, 1.807) is 0 Å². The molecule has 2 aliphatic rings. The van der Waals surface area contributed by atoms with Gasteiger partial charge in [-0.1, -0.05) is 6.07 Å². The maximum absolute atomic E-state index is 10.1. The van der Waals surface area contributed by atoms with Gasteiger partial charge in [-0.25, -0.2) is 0 Å². The predicted octanol–water partition coefficient (Wildman–Crippen LogP) is 3.08. The van der Waals surface area contributed by atoms with Crippen molar-refractivity contribution in [1.29, 1.82) is 0 Å². The monoisotopic (exact) mass is 369 g/mol. The summed E-state index contributed by atoms with van der Waals surface area (Å²) in [7, 11) is 0. The highest BCUT2D eigenvalue weighted by Gasteiger charge is 2.44. The molecule has 0 amide bonds. The number of aryl methyl sites for hydroxylation is 1. The predicted molar refractivity (Wildman–Crippen MR) is 105 cm³/mol. The molecule has 0 unspecified atom stereocenters. The zero-order chi connectivity index (χ0) is 18.7. The number of aliphatic hydroxyl groups excluding tert-OH is 1. The van der Waals surface area contributed by atoms with Crippen LogP contribution in [0.1, 0.15) is 36.5 Å². The van der Waals surface area contributed by atoms with Crippen molar-refractivity contribution in [3.05, 3.63) is 53.7 Å². The van der Waals surface area contributed by atoms with E-state index in [1.807, 2.05) is 25.3 Å². The summed E-state index contributed by atoms with van der Waals surface area (Å²) in [6.45, 7) is 8.33. The number of aromatic nitrogens is 1. The van der Waals surface area contributed by atoms with Crippen LogP contribution in [-0.2, 0) is 13.1 Å². The van der Waals surface area contributed by atoms with Crippen molar-refractivity contribution >= 4 is 0 Å². The molecule has 0 radical (unpaired) electrons. The molecule has 2 aliphatic heterocycles. The van der Waals surface area contributed by atoms with Crippen molar-refractivity contribution in [2.45, 2.75) is 39.3 Å². The second kappa shape index (κ2) is 8.13. The van der Waals surface area contributed by atoms with Gasteiger partial charge in [-0.2, -0.15) is 0 Å². The van der Waals surface area contributed by atoms with E-state index < -0.39 is 0 Å². The first-order valence-electron chi connectivity index (χ1n) is 10.2. The molecule has 1 N–H and O–H groups in total. The van der Waals surface area contributed by atoms with Gasteiger partial charge in [0, 0.05) is 31.8 Å². The molecule has 27 heavy (non-hydrogen) atoms. The Morgan fingerprint density at radius 2 is 1.85 bits per heavy atom. The maximum Gasteiger partial charge on any atom is 0.118 e. The largest absolute Gasteiger partial charge is 0.465 e. The molecule has 146 valence electrons. The summed E-state index contributed by atoms with van der Waals surface area (Å²) in [4.78, 5) is 9.43. The molecule has 1 spiro atoms. The molecule has 2 saturated heterocycles. The molecule has 4 rings (SSSR count). The molecule has 0 bridgehead atoms. The van der Waals surface area contributed by atoms with Crippen molar-refractivity contribution in [3.63, 3.8) is 0 Å². The van der Waals surface area contributed by atoms with E-state index in [0.717, 1.165) is 56.5 Å². The number of pyridine rings is 1. The minimum absolute atomic E-state index is 0.286. The zero-order valence-corrected chi connectivity index (χ0v) is 16.3. The van der Waals surface area contributed by atoms with Crippen molar-refractivity contribution < 1.29 is 9.52 Å². The standard InChI is InChI=1S/C22H31N3O2/c1-18-5-6-21(27-18)16-25-13-9-22(19(14-25)17-26)7-11-24(12-8-22)15-20-4-2-3-10-23-20/h2-6,10,19,26H,7-9,11-17H2,1H3/t19-/m0/s1. The lowest BCUT2D eigenvalue weighted by molar-refractivity contribution is -0.0464. The number of likely N-dealkylation sites (tertiary alicyclic amines) is 2. The van der Waals surface area contributed by atoms with Gasteiger partial charge in [0.1, 0.15) is 11.5 Å². The molecule has 5 nitrogen and oxygen atoms in total. The van der Waals surface area contributed by atoms with E-state index >= 15 is 0 Å². The van der Waals surface area contributed by atoms with Gasteiger partial charge in [0.15, 0.2) is 0 Å². The fourth-order valence-electron chi connectivity index (χ4n) is 4.90. The highest BCUT2D eigenvalue weighted by Crippen LogP contribution is 2.45. The summed E-state index contributed by atoms with van der Waals surface area (Å²) in [6, 6.07) is 10.2. The Hall–Kier alpha value is -1.69. The van der Waals surface area contributed by atoms with Crippen LogP contribution in [0.15, 0.2) is 40.9 Å². The van der Waals surface area contributed by atoms with E-state index in [-0.39, 0.29) is 6.61 Å². The first-order valence-corrected chi connectivity index (χ1v) is 10.2. The lowest BCUT2D eigenvalue weighted by atomic mass is 9.64. The number of piperidine rings is 2. The topological polar surface area (TPSA) is 52.7 Å². The van der Waals surface area contributed by atoms with Gasteiger partial charge in [-0.15, -0.1) is 0 Å². The van der Waals surface area contributed by atoms with Crippen LogP contribution >= 0.6 is 0 Å².